The van der Waals surface area contributed by atoms with E-state index >= 15 is 0 Å². The van der Waals surface area contributed by atoms with Gasteiger partial charge >= 0.3 is 0 Å². The van der Waals surface area contributed by atoms with E-state index < -0.39 is 0 Å². The fourth-order valence-electron chi connectivity index (χ4n) is 2.32. The number of hydrogen-bond donors (Lipinski definition) is 2. The first kappa shape index (κ1) is 20.1. The van der Waals surface area contributed by atoms with Crippen LogP contribution in [-0.2, 0) is 6.54 Å². The number of nitrogens with zero attached hydrogens (tertiary/aromatic N) is 2. The van der Waals surface area contributed by atoms with Crippen LogP contribution in [0.5, 0.6) is 17.2 Å². The van der Waals surface area contributed by atoms with Crippen molar-refractivity contribution in [1.82, 2.24) is 15.6 Å². The lowest BCUT2D eigenvalue weighted by Gasteiger charge is -2.12. The average molecular weight is 470 g/mol. The molecule has 0 aliphatic carbocycles. The first-order chi connectivity index (χ1) is 12.3. The Hall–Kier alpha value is -2.23. The Morgan fingerprint density at radius 1 is 1.23 bits per heavy atom. The van der Waals surface area contributed by atoms with Gasteiger partial charge in [0.05, 0.1) is 19.3 Å². The van der Waals surface area contributed by atoms with Crippen molar-refractivity contribution in [2.45, 2.75) is 13.5 Å². The minimum absolute atomic E-state index is 0. The third-order valence-corrected chi connectivity index (χ3v) is 3.50. The van der Waals surface area contributed by atoms with Crippen molar-refractivity contribution in [3.8, 4) is 17.2 Å². The van der Waals surface area contributed by atoms with Crippen molar-refractivity contribution in [2.75, 3.05) is 26.5 Å². The quantitative estimate of drug-likeness (QED) is 0.281. The van der Waals surface area contributed by atoms with E-state index in [1.54, 1.807) is 12.4 Å². The molecule has 0 radical (unpaired) electrons. The number of ether oxygens (including phenoxy) is 3. The summed E-state index contributed by atoms with van der Waals surface area (Å²) in [5.41, 5.74) is 1.06. The van der Waals surface area contributed by atoms with Gasteiger partial charge in [-0.1, -0.05) is 6.07 Å². The van der Waals surface area contributed by atoms with E-state index in [0.29, 0.717) is 19.7 Å². The molecule has 8 heteroatoms. The van der Waals surface area contributed by atoms with Gasteiger partial charge in [-0.25, -0.2) is 4.99 Å². The second-order valence-electron chi connectivity index (χ2n) is 5.35. The zero-order valence-corrected chi connectivity index (χ0v) is 16.9. The number of aliphatic imine (C=N–C) groups is 1. The van der Waals surface area contributed by atoms with Crippen LogP contribution in [0.25, 0.3) is 0 Å². The Balaban J connectivity index is 0.00000243. The van der Waals surface area contributed by atoms with Crippen molar-refractivity contribution in [3.05, 3.63) is 48.3 Å². The van der Waals surface area contributed by atoms with E-state index in [-0.39, 0.29) is 30.8 Å². The summed E-state index contributed by atoms with van der Waals surface area (Å²) in [6.45, 7) is 4.82. The highest BCUT2D eigenvalue weighted by Crippen LogP contribution is 2.32. The van der Waals surface area contributed by atoms with Crippen LogP contribution in [0.2, 0.25) is 0 Å². The van der Waals surface area contributed by atoms with Crippen molar-refractivity contribution in [2.24, 2.45) is 4.99 Å². The Bertz CT molecular complexity index is 713. The Labute approximate surface area is 170 Å². The molecule has 7 nitrogen and oxygen atoms in total. The van der Waals surface area contributed by atoms with Gasteiger partial charge in [0.2, 0.25) is 6.79 Å². The maximum atomic E-state index is 5.61. The topological polar surface area (TPSA) is 77.0 Å². The van der Waals surface area contributed by atoms with Crippen molar-refractivity contribution < 1.29 is 14.2 Å². The summed E-state index contributed by atoms with van der Waals surface area (Å²) in [6.07, 6.45) is 3.41. The summed E-state index contributed by atoms with van der Waals surface area (Å²) in [5, 5.41) is 6.47. The molecule has 1 aromatic carbocycles. The van der Waals surface area contributed by atoms with Crippen LogP contribution in [0, 0.1) is 0 Å². The van der Waals surface area contributed by atoms with Crippen LogP contribution in [0.1, 0.15) is 12.5 Å². The van der Waals surface area contributed by atoms with E-state index in [2.05, 4.69) is 20.6 Å². The maximum Gasteiger partial charge on any atom is 0.231 e. The number of aromatic nitrogens is 1. The summed E-state index contributed by atoms with van der Waals surface area (Å²) in [4.78, 5) is 8.60. The Kier molecular flexibility index (Phi) is 8.26. The number of guanidine groups is 1. The van der Waals surface area contributed by atoms with Crippen molar-refractivity contribution in [1.29, 1.82) is 0 Å². The predicted octanol–water partition coefficient (Wildman–Crippen LogP) is 2.56. The molecule has 26 heavy (non-hydrogen) atoms. The Morgan fingerprint density at radius 3 is 2.92 bits per heavy atom. The number of pyridine rings is 1. The molecule has 0 saturated carbocycles. The van der Waals surface area contributed by atoms with Gasteiger partial charge in [-0.15, -0.1) is 24.0 Å². The van der Waals surface area contributed by atoms with Gasteiger partial charge in [0.1, 0.15) is 12.4 Å². The molecule has 0 amide bonds. The summed E-state index contributed by atoms with van der Waals surface area (Å²) in [5.74, 6) is 3.06. The summed E-state index contributed by atoms with van der Waals surface area (Å²) < 4.78 is 16.3. The molecule has 0 bridgehead atoms. The van der Waals surface area contributed by atoms with Gasteiger partial charge in [0.25, 0.3) is 0 Å². The van der Waals surface area contributed by atoms with Gasteiger partial charge in [-0.05, 0) is 36.8 Å². The zero-order valence-electron chi connectivity index (χ0n) is 14.6. The third kappa shape index (κ3) is 5.94. The highest BCUT2D eigenvalue weighted by atomic mass is 127. The fourth-order valence-corrected chi connectivity index (χ4v) is 2.32. The van der Waals surface area contributed by atoms with Gasteiger partial charge in [0, 0.05) is 12.7 Å². The van der Waals surface area contributed by atoms with Crippen LogP contribution in [0.3, 0.4) is 0 Å². The molecule has 0 atom stereocenters. The number of rotatable bonds is 7. The van der Waals surface area contributed by atoms with E-state index in [1.165, 1.54) is 0 Å². The third-order valence-electron chi connectivity index (χ3n) is 3.50. The maximum absolute atomic E-state index is 5.61. The summed E-state index contributed by atoms with van der Waals surface area (Å²) in [6, 6.07) is 9.59. The fraction of sp³-hybridized carbons (Fsp3) is 0.333. The Morgan fingerprint density at radius 2 is 2.12 bits per heavy atom. The lowest BCUT2D eigenvalue weighted by Crippen LogP contribution is -2.39. The highest BCUT2D eigenvalue weighted by molar-refractivity contribution is 14.0. The molecule has 3 rings (SSSR count). The molecule has 140 valence electrons. The lowest BCUT2D eigenvalue weighted by atomic mass is 10.2. The molecular formula is C18H23IN4O3. The first-order valence-electron chi connectivity index (χ1n) is 8.28. The van der Waals surface area contributed by atoms with Crippen LogP contribution < -0.4 is 24.8 Å². The molecular weight excluding hydrogens is 447 g/mol. The molecule has 0 fully saturated rings. The number of hydrogen-bond acceptors (Lipinski definition) is 5. The SMILES string of the molecule is CCNC(=NCc1ccc2c(c1)OCO2)NCCOc1cccnc1.I. The number of benzene rings is 1. The number of nitrogens with one attached hydrogen (secondary N) is 2. The van der Waals surface area contributed by atoms with Crippen LogP contribution >= 0.6 is 24.0 Å². The van der Waals surface area contributed by atoms with E-state index in [0.717, 1.165) is 35.3 Å². The molecule has 1 aromatic heterocycles. The lowest BCUT2D eigenvalue weighted by molar-refractivity contribution is 0.174. The van der Waals surface area contributed by atoms with E-state index in [4.69, 9.17) is 14.2 Å². The van der Waals surface area contributed by atoms with Gasteiger partial charge in [-0.2, -0.15) is 0 Å². The summed E-state index contributed by atoms with van der Waals surface area (Å²) >= 11 is 0. The molecule has 0 spiro atoms. The zero-order chi connectivity index (χ0) is 17.3. The second-order valence-corrected chi connectivity index (χ2v) is 5.35. The van der Waals surface area contributed by atoms with Gasteiger partial charge in [0.15, 0.2) is 17.5 Å². The molecule has 1 aliphatic rings. The van der Waals surface area contributed by atoms with Crippen LogP contribution in [0.15, 0.2) is 47.7 Å². The first-order valence-corrected chi connectivity index (χ1v) is 8.28. The number of fused-ring (bicyclic) bond motifs is 1. The predicted molar refractivity (Wildman–Crippen MR) is 111 cm³/mol. The van der Waals surface area contributed by atoms with E-state index in [1.807, 2.05) is 37.3 Å². The molecule has 2 heterocycles. The van der Waals surface area contributed by atoms with Gasteiger partial charge < -0.3 is 24.8 Å². The normalized spacial score (nSPS) is 12.3. The molecule has 0 saturated heterocycles. The molecule has 0 unspecified atom stereocenters. The minimum atomic E-state index is 0. The van der Waals surface area contributed by atoms with E-state index in [9.17, 15) is 0 Å². The largest absolute Gasteiger partial charge is 0.490 e. The molecule has 2 N–H and O–H groups in total. The average Bonchev–Trinajstić information content (AvgIpc) is 3.12. The van der Waals surface area contributed by atoms with Crippen LogP contribution in [-0.4, -0.2) is 37.4 Å². The van der Waals surface area contributed by atoms with Gasteiger partial charge in [-0.3, -0.25) is 4.98 Å². The molecule has 2 aromatic rings. The van der Waals surface area contributed by atoms with Crippen molar-refractivity contribution in [3.63, 3.8) is 0 Å². The highest BCUT2D eigenvalue weighted by Gasteiger charge is 2.12. The number of halogens is 1. The second kappa shape index (κ2) is 10.7. The monoisotopic (exact) mass is 470 g/mol. The molecule has 1 aliphatic heterocycles. The van der Waals surface area contributed by atoms with Crippen LogP contribution in [0.4, 0.5) is 0 Å². The minimum Gasteiger partial charge on any atom is -0.490 e. The summed E-state index contributed by atoms with van der Waals surface area (Å²) in [7, 11) is 0. The smallest absolute Gasteiger partial charge is 0.231 e. The van der Waals surface area contributed by atoms with Crippen molar-refractivity contribution >= 4 is 29.9 Å². The standard InChI is InChI=1S/C18H22N4O3.HI/c1-2-20-18(21-8-9-23-15-4-3-7-19-12-15)22-11-14-5-6-16-17(10-14)25-13-24-16;/h3-7,10,12H,2,8-9,11,13H2,1H3,(H2,20,21,22);1H.